The maximum absolute atomic E-state index is 13.0. The normalized spacial score (nSPS) is 28.1. The van der Waals surface area contributed by atoms with Gasteiger partial charge in [0.25, 0.3) is 0 Å². The van der Waals surface area contributed by atoms with Gasteiger partial charge in [-0.2, -0.15) is 0 Å². The standard InChI is InChI=1S/C15H19FN2O2/c16-12-2-1-3-13(8-12)17-9-15(19)20-14-10-18-6-4-11(14)5-7-18/h1-3,8,11,14,17H,4-7,9-10H2/t14-/m0/s1. The zero-order chi connectivity index (χ0) is 13.9. The maximum Gasteiger partial charge on any atom is 0.325 e. The number of nitrogens with one attached hydrogen (secondary N) is 1. The second-order valence-electron chi connectivity index (χ2n) is 5.53. The number of fused-ring (bicyclic) bond motifs is 3. The Labute approximate surface area is 117 Å². The van der Waals surface area contributed by atoms with Gasteiger partial charge in [0.15, 0.2) is 0 Å². The average Bonchev–Trinajstić information content (AvgIpc) is 2.46. The molecule has 3 aliphatic heterocycles. The van der Waals surface area contributed by atoms with Crippen molar-refractivity contribution in [3.63, 3.8) is 0 Å². The molecule has 5 heteroatoms. The lowest BCUT2D eigenvalue weighted by atomic mass is 9.86. The third-order valence-electron chi connectivity index (χ3n) is 4.14. The van der Waals surface area contributed by atoms with E-state index in [1.165, 1.54) is 12.1 Å². The number of nitrogens with zero attached hydrogens (tertiary/aromatic N) is 1. The van der Waals surface area contributed by atoms with E-state index >= 15 is 0 Å². The van der Waals surface area contributed by atoms with Gasteiger partial charge in [-0.15, -0.1) is 0 Å². The van der Waals surface area contributed by atoms with Crippen LogP contribution in [0.5, 0.6) is 0 Å². The molecule has 1 atom stereocenters. The second kappa shape index (κ2) is 5.79. The molecule has 1 aromatic rings. The number of carbonyl (C=O) groups is 1. The van der Waals surface area contributed by atoms with Crippen LogP contribution in [0, 0.1) is 11.7 Å². The van der Waals surface area contributed by atoms with E-state index in [2.05, 4.69) is 10.2 Å². The molecule has 0 amide bonds. The number of rotatable bonds is 4. The topological polar surface area (TPSA) is 41.6 Å². The molecule has 3 saturated heterocycles. The Bertz CT molecular complexity index is 487. The summed E-state index contributed by atoms with van der Waals surface area (Å²) in [5, 5.41) is 2.89. The monoisotopic (exact) mass is 278 g/mol. The third kappa shape index (κ3) is 3.10. The van der Waals surface area contributed by atoms with Crippen molar-refractivity contribution in [3.05, 3.63) is 30.1 Å². The van der Waals surface area contributed by atoms with Crippen molar-refractivity contribution in [1.29, 1.82) is 0 Å². The van der Waals surface area contributed by atoms with E-state index in [9.17, 15) is 9.18 Å². The minimum Gasteiger partial charge on any atom is -0.459 e. The lowest BCUT2D eigenvalue weighted by Crippen LogP contribution is -2.52. The highest BCUT2D eigenvalue weighted by Gasteiger charge is 2.36. The lowest BCUT2D eigenvalue weighted by molar-refractivity contribution is -0.156. The first kappa shape index (κ1) is 13.4. The summed E-state index contributed by atoms with van der Waals surface area (Å²) in [4.78, 5) is 14.2. The number of piperidine rings is 3. The summed E-state index contributed by atoms with van der Waals surface area (Å²) >= 11 is 0. The molecule has 1 aromatic carbocycles. The zero-order valence-corrected chi connectivity index (χ0v) is 11.3. The van der Waals surface area contributed by atoms with E-state index in [0.717, 1.165) is 32.5 Å². The molecule has 3 fully saturated rings. The van der Waals surface area contributed by atoms with Crippen molar-refractivity contribution in [2.24, 2.45) is 5.92 Å². The summed E-state index contributed by atoms with van der Waals surface area (Å²) in [6.07, 6.45) is 2.27. The summed E-state index contributed by atoms with van der Waals surface area (Å²) in [6.45, 7) is 3.18. The van der Waals surface area contributed by atoms with Crippen LogP contribution < -0.4 is 5.32 Å². The van der Waals surface area contributed by atoms with Crippen LogP contribution in [0.25, 0.3) is 0 Å². The van der Waals surface area contributed by atoms with Crippen molar-refractivity contribution < 1.29 is 13.9 Å². The van der Waals surface area contributed by atoms with Gasteiger partial charge in [-0.05, 0) is 50.0 Å². The summed E-state index contributed by atoms with van der Waals surface area (Å²) in [6, 6.07) is 6.07. The minimum absolute atomic E-state index is 0.0271. The van der Waals surface area contributed by atoms with E-state index < -0.39 is 0 Å². The van der Waals surface area contributed by atoms with Crippen LogP contribution in [0.1, 0.15) is 12.8 Å². The molecule has 0 unspecified atom stereocenters. The van der Waals surface area contributed by atoms with Crippen molar-refractivity contribution in [1.82, 2.24) is 4.90 Å². The number of benzene rings is 1. The fourth-order valence-corrected chi connectivity index (χ4v) is 3.03. The molecular formula is C15H19FN2O2. The zero-order valence-electron chi connectivity index (χ0n) is 11.3. The number of halogens is 1. The molecule has 3 aliphatic rings. The van der Waals surface area contributed by atoms with Crippen LogP contribution in [-0.2, 0) is 9.53 Å². The van der Waals surface area contributed by atoms with Crippen LogP contribution in [0.2, 0.25) is 0 Å². The van der Waals surface area contributed by atoms with E-state index in [1.807, 2.05) is 0 Å². The number of ether oxygens (including phenoxy) is 1. The average molecular weight is 278 g/mol. The molecule has 3 heterocycles. The number of hydrogen-bond acceptors (Lipinski definition) is 4. The van der Waals surface area contributed by atoms with Crippen LogP contribution >= 0.6 is 0 Å². The quantitative estimate of drug-likeness (QED) is 0.854. The highest BCUT2D eigenvalue weighted by Crippen LogP contribution is 2.29. The first-order valence-electron chi connectivity index (χ1n) is 7.12. The number of esters is 1. The van der Waals surface area contributed by atoms with Gasteiger partial charge >= 0.3 is 5.97 Å². The summed E-state index contributed by atoms with van der Waals surface area (Å²) in [5.74, 6) is -0.0770. The van der Waals surface area contributed by atoms with Crippen LogP contribution in [0.4, 0.5) is 10.1 Å². The highest BCUT2D eigenvalue weighted by atomic mass is 19.1. The molecule has 0 radical (unpaired) electrons. The Morgan fingerprint density at radius 2 is 2.20 bits per heavy atom. The first-order chi connectivity index (χ1) is 9.70. The lowest BCUT2D eigenvalue weighted by Gasteiger charge is -2.43. The van der Waals surface area contributed by atoms with E-state index in [4.69, 9.17) is 4.74 Å². The van der Waals surface area contributed by atoms with Gasteiger partial charge in [-0.3, -0.25) is 9.69 Å². The predicted molar refractivity (Wildman–Crippen MR) is 73.9 cm³/mol. The van der Waals surface area contributed by atoms with Crippen LogP contribution in [0.15, 0.2) is 24.3 Å². The predicted octanol–water partition coefficient (Wildman–Crippen LogP) is 1.88. The fourth-order valence-electron chi connectivity index (χ4n) is 3.03. The molecule has 0 aliphatic carbocycles. The van der Waals surface area contributed by atoms with Gasteiger partial charge in [0.05, 0.1) is 0 Å². The molecule has 20 heavy (non-hydrogen) atoms. The van der Waals surface area contributed by atoms with Gasteiger partial charge in [-0.1, -0.05) is 6.07 Å². The molecule has 0 spiro atoms. The molecule has 1 N–H and O–H groups in total. The van der Waals surface area contributed by atoms with E-state index in [1.54, 1.807) is 12.1 Å². The molecular weight excluding hydrogens is 259 g/mol. The van der Waals surface area contributed by atoms with Gasteiger partial charge in [0.1, 0.15) is 18.5 Å². The molecule has 4 nitrogen and oxygen atoms in total. The van der Waals surface area contributed by atoms with Crippen molar-refractivity contribution in [2.75, 3.05) is 31.5 Å². The number of anilines is 1. The molecule has 0 aromatic heterocycles. The van der Waals surface area contributed by atoms with E-state index in [-0.39, 0.29) is 24.4 Å². The van der Waals surface area contributed by atoms with Crippen LogP contribution in [-0.4, -0.2) is 43.2 Å². The molecule has 2 bridgehead atoms. The largest absolute Gasteiger partial charge is 0.459 e. The first-order valence-corrected chi connectivity index (χ1v) is 7.12. The van der Waals surface area contributed by atoms with Gasteiger partial charge in [0, 0.05) is 12.2 Å². The Balaban J connectivity index is 1.48. The summed E-state index contributed by atoms with van der Waals surface area (Å²) < 4.78 is 18.5. The minimum atomic E-state index is -0.319. The highest BCUT2D eigenvalue weighted by molar-refractivity contribution is 5.75. The van der Waals surface area contributed by atoms with Crippen molar-refractivity contribution in [3.8, 4) is 0 Å². The van der Waals surface area contributed by atoms with Gasteiger partial charge in [0.2, 0.25) is 0 Å². The van der Waals surface area contributed by atoms with E-state index in [0.29, 0.717) is 11.6 Å². The number of carbonyl (C=O) groups excluding carboxylic acids is 1. The third-order valence-corrected chi connectivity index (χ3v) is 4.14. The Kier molecular flexibility index (Phi) is 3.87. The Morgan fingerprint density at radius 3 is 2.85 bits per heavy atom. The molecule has 108 valence electrons. The molecule has 4 rings (SSSR count). The SMILES string of the molecule is O=C(CNc1cccc(F)c1)O[C@H]1CN2CCC1CC2. The maximum atomic E-state index is 13.0. The number of hydrogen-bond donors (Lipinski definition) is 1. The van der Waals surface area contributed by atoms with Crippen LogP contribution in [0.3, 0.4) is 0 Å². The summed E-state index contributed by atoms with van der Waals surface area (Å²) in [5.41, 5.74) is 0.593. The smallest absolute Gasteiger partial charge is 0.325 e. The van der Waals surface area contributed by atoms with Gasteiger partial charge in [-0.25, -0.2) is 4.39 Å². The Morgan fingerprint density at radius 1 is 1.40 bits per heavy atom. The summed E-state index contributed by atoms with van der Waals surface area (Å²) in [7, 11) is 0. The second-order valence-corrected chi connectivity index (χ2v) is 5.53. The van der Waals surface area contributed by atoms with Crippen molar-refractivity contribution in [2.45, 2.75) is 18.9 Å². The van der Waals surface area contributed by atoms with Crippen molar-refractivity contribution >= 4 is 11.7 Å². The van der Waals surface area contributed by atoms with Gasteiger partial charge < -0.3 is 10.1 Å². The fraction of sp³-hybridized carbons (Fsp3) is 0.533. The Hall–Kier alpha value is -1.62. The molecule has 0 saturated carbocycles.